The van der Waals surface area contributed by atoms with E-state index < -0.39 is 0 Å². The molecule has 1 fully saturated rings. The molecule has 0 radical (unpaired) electrons. The predicted molar refractivity (Wildman–Crippen MR) is 83.2 cm³/mol. The molecule has 0 amide bonds. The minimum Gasteiger partial charge on any atom is -0.306 e. The highest BCUT2D eigenvalue weighted by atomic mass is 15.2. The quantitative estimate of drug-likeness (QED) is 0.819. The molecule has 104 valence electrons. The van der Waals surface area contributed by atoms with E-state index in [1.165, 1.54) is 37.1 Å². The van der Waals surface area contributed by atoms with Gasteiger partial charge in [0.05, 0.1) is 0 Å². The van der Waals surface area contributed by atoms with Gasteiger partial charge in [-0.15, -0.1) is 0 Å². The van der Waals surface area contributed by atoms with E-state index >= 15 is 0 Å². The third-order valence-corrected chi connectivity index (χ3v) is 4.02. The molecule has 0 bridgehead atoms. The van der Waals surface area contributed by atoms with Gasteiger partial charge in [0.25, 0.3) is 0 Å². The number of nitrogens with zero attached hydrogens (tertiary/aromatic N) is 2. The molecule has 0 aliphatic carbocycles. The van der Waals surface area contributed by atoms with Crippen molar-refractivity contribution in [3.8, 4) is 0 Å². The fraction of sp³-hybridized carbons (Fsp3) is 0.529. The first-order chi connectivity index (χ1) is 9.15. The molecule has 1 aliphatic rings. The SMILES string of the molecule is C/C(=C/c1ccccc1)CN(C)C1CCN(C)CC1. The van der Waals surface area contributed by atoms with Crippen LogP contribution < -0.4 is 0 Å². The lowest BCUT2D eigenvalue weighted by molar-refractivity contribution is 0.153. The maximum absolute atomic E-state index is 2.52. The molecule has 1 aromatic rings. The van der Waals surface area contributed by atoms with Gasteiger partial charge in [-0.25, -0.2) is 0 Å². The van der Waals surface area contributed by atoms with Crippen molar-refractivity contribution in [3.05, 3.63) is 41.5 Å². The van der Waals surface area contributed by atoms with Gasteiger partial charge >= 0.3 is 0 Å². The summed E-state index contributed by atoms with van der Waals surface area (Å²) in [6.45, 7) is 5.77. The van der Waals surface area contributed by atoms with Crippen molar-refractivity contribution in [2.45, 2.75) is 25.8 Å². The van der Waals surface area contributed by atoms with Gasteiger partial charge in [-0.05, 0) is 52.5 Å². The molecule has 1 aromatic carbocycles. The molecule has 0 N–H and O–H groups in total. The Hall–Kier alpha value is -1.12. The highest BCUT2D eigenvalue weighted by Gasteiger charge is 2.20. The van der Waals surface area contributed by atoms with Crippen LogP contribution in [0.1, 0.15) is 25.3 Å². The molecule has 0 spiro atoms. The van der Waals surface area contributed by atoms with Gasteiger partial charge in [-0.2, -0.15) is 0 Å². The fourth-order valence-corrected chi connectivity index (χ4v) is 2.84. The van der Waals surface area contributed by atoms with Crippen molar-refractivity contribution in [3.63, 3.8) is 0 Å². The van der Waals surface area contributed by atoms with Gasteiger partial charge in [0.15, 0.2) is 0 Å². The van der Waals surface area contributed by atoms with Crippen molar-refractivity contribution in [2.75, 3.05) is 33.7 Å². The summed E-state index contributed by atoms with van der Waals surface area (Å²) in [5, 5.41) is 0. The van der Waals surface area contributed by atoms with Crippen LogP contribution in [-0.2, 0) is 0 Å². The third-order valence-electron chi connectivity index (χ3n) is 4.02. The first-order valence-corrected chi connectivity index (χ1v) is 7.26. The van der Waals surface area contributed by atoms with Crippen molar-refractivity contribution in [2.24, 2.45) is 0 Å². The van der Waals surface area contributed by atoms with E-state index in [0.29, 0.717) is 0 Å². The van der Waals surface area contributed by atoms with E-state index in [1.807, 2.05) is 0 Å². The van der Waals surface area contributed by atoms with Crippen molar-refractivity contribution >= 4 is 6.08 Å². The standard InChI is InChI=1S/C17H26N2/c1-15(13-16-7-5-4-6-8-16)14-19(3)17-9-11-18(2)12-10-17/h4-8,13,17H,9-12,14H2,1-3H3/b15-13-. The summed E-state index contributed by atoms with van der Waals surface area (Å²) < 4.78 is 0. The van der Waals surface area contributed by atoms with Gasteiger partial charge in [0.2, 0.25) is 0 Å². The molecule has 0 unspecified atom stereocenters. The average molecular weight is 258 g/mol. The highest BCUT2D eigenvalue weighted by molar-refractivity contribution is 5.52. The summed E-state index contributed by atoms with van der Waals surface area (Å²) in [7, 11) is 4.48. The lowest BCUT2D eigenvalue weighted by Gasteiger charge is -2.35. The first-order valence-electron chi connectivity index (χ1n) is 7.26. The number of hydrogen-bond acceptors (Lipinski definition) is 2. The normalized spacial score (nSPS) is 19.1. The minimum atomic E-state index is 0.746. The number of benzene rings is 1. The van der Waals surface area contributed by atoms with E-state index in [9.17, 15) is 0 Å². The molecule has 1 saturated heterocycles. The van der Waals surface area contributed by atoms with Gasteiger partial charge < -0.3 is 4.90 Å². The Labute approximate surface area is 117 Å². The van der Waals surface area contributed by atoms with Crippen LogP contribution in [0, 0.1) is 0 Å². The molecule has 2 heteroatoms. The second-order valence-corrected chi connectivity index (χ2v) is 5.85. The highest BCUT2D eigenvalue weighted by Crippen LogP contribution is 2.16. The maximum atomic E-state index is 2.52. The van der Waals surface area contributed by atoms with E-state index in [4.69, 9.17) is 0 Å². The molecule has 1 heterocycles. The Kier molecular flexibility index (Phi) is 5.17. The van der Waals surface area contributed by atoms with Crippen LogP contribution in [0.4, 0.5) is 0 Å². The molecule has 0 saturated carbocycles. The number of piperidine rings is 1. The summed E-state index contributed by atoms with van der Waals surface area (Å²) >= 11 is 0. The minimum absolute atomic E-state index is 0.746. The van der Waals surface area contributed by atoms with Gasteiger partial charge in [-0.3, -0.25) is 4.90 Å². The van der Waals surface area contributed by atoms with Gasteiger partial charge in [-0.1, -0.05) is 42.0 Å². The lowest BCUT2D eigenvalue weighted by atomic mass is 10.0. The maximum Gasteiger partial charge on any atom is 0.0193 e. The van der Waals surface area contributed by atoms with Crippen molar-refractivity contribution < 1.29 is 0 Å². The molecule has 0 aromatic heterocycles. The van der Waals surface area contributed by atoms with Crippen molar-refractivity contribution in [1.29, 1.82) is 0 Å². The smallest absolute Gasteiger partial charge is 0.0193 e. The number of rotatable bonds is 4. The van der Waals surface area contributed by atoms with Crippen LogP contribution in [0.15, 0.2) is 35.9 Å². The summed E-state index contributed by atoms with van der Waals surface area (Å²) in [5.41, 5.74) is 2.74. The van der Waals surface area contributed by atoms with Gasteiger partial charge in [0, 0.05) is 12.6 Å². The van der Waals surface area contributed by atoms with Crippen LogP contribution in [0.25, 0.3) is 6.08 Å². The zero-order valence-corrected chi connectivity index (χ0v) is 12.5. The second-order valence-electron chi connectivity index (χ2n) is 5.85. The van der Waals surface area contributed by atoms with E-state index in [1.54, 1.807) is 0 Å². The second kappa shape index (κ2) is 6.88. The Morgan fingerprint density at radius 3 is 2.53 bits per heavy atom. The molecule has 2 rings (SSSR count). The van der Waals surface area contributed by atoms with Crippen LogP contribution in [0.2, 0.25) is 0 Å². The summed E-state index contributed by atoms with van der Waals surface area (Å²) in [6.07, 6.45) is 4.89. The summed E-state index contributed by atoms with van der Waals surface area (Å²) in [4.78, 5) is 4.94. The largest absolute Gasteiger partial charge is 0.306 e. The van der Waals surface area contributed by atoms with Crippen LogP contribution in [-0.4, -0.2) is 49.6 Å². The fourth-order valence-electron chi connectivity index (χ4n) is 2.84. The number of likely N-dealkylation sites (N-methyl/N-ethyl adjacent to an activating group) is 1. The van der Waals surface area contributed by atoms with Crippen molar-refractivity contribution in [1.82, 2.24) is 9.80 Å². The van der Waals surface area contributed by atoms with Crippen LogP contribution in [0.3, 0.4) is 0 Å². The van der Waals surface area contributed by atoms with Gasteiger partial charge in [0.1, 0.15) is 0 Å². The number of likely N-dealkylation sites (tertiary alicyclic amines) is 1. The third kappa shape index (κ3) is 4.48. The Morgan fingerprint density at radius 1 is 1.26 bits per heavy atom. The van der Waals surface area contributed by atoms with E-state index in [0.717, 1.165) is 12.6 Å². The molecular formula is C17H26N2. The lowest BCUT2D eigenvalue weighted by Crippen LogP contribution is -2.42. The monoisotopic (exact) mass is 258 g/mol. The molecule has 0 atom stereocenters. The Bertz CT molecular complexity index is 403. The topological polar surface area (TPSA) is 6.48 Å². The Morgan fingerprint density at radius 2 is 1.89 bits per heavy atom. The zero-order valence-electron chi connectivity index (χ0n) is 12.5. The summed E-state index contributed by atoms with van der Waals surface area (Å²) in [5.74, 6) is 0. The average Bonchev–Trinajstić information content (AvgIpc) is 2.40. The molecule has 2 nitrogen and oxygen atoms in total. The molecule has 1 aliphatic heterocycles. The van der Waals surface area contributed by atoms with E-state index in [2.05, 4.69) is 67.2 Å². The predicted octanol–water partition coefficient (Wildman–Crippen LogP) is 3.12. The summed E-state index contributed by atoms with van der Waals surface area (Å²) in [6, 6.07) is 11.3. The molecule has 19 heavy (non-hydrogen) atoms. The van der Waals surface area contributed by atoms with E-state index in [-0.39, 0.29) is 0 Å². The zero-order chi connectivity index (χ0) is 13.7. The van der Waals surface area contributed by atoms with Crippen LogP contribution in [0.5, 0.6) is 0 Å². The van der Waals surface area contributed by atoms with Crippen LogP contribution >= 0.6 is 0 Å². The number of hydrogen-bond donors (Lipinski definition) is 0. The molecular weight excluding hydrogens is 232 g/mol. The first kappa shape index (κ1) is 14.3. The Balaban J connectivity index is 1.88.